The fourth-order valence-electron chi connectivity index (χ4n) is 4.84. The first kappa shape index (κ1) is 19.2. The van der Waals surface area contributed by atoms with E-state index in [-0.39, 0.29) is 0 Å². The Balaban J connectivity index is 1.33. The van der Waals surface area contributed by atoms with Crippen molar-refractivity contribution in [2.75, 3.05) is 18.4 Å². The number of hydrogen-bond donors (Lipinski definition) is 3. The number of piperidine rings is 1. The van der Waals surface area contributed by atoms with Gasteiger partial charge in [-0.15, -0.1) is 0 Å². The van der Waals surface area contributed by atoms with Crippen molar-refractivity contribution in [1.82, 2.24) is 19.9 Å². The predicted octanol–water partition coefficient (Wildman–Crippen LogP) is 4.04. The standard InChI is InChI=1S/C26H25N5O/c32-25-13-22(21-3-1-2-4-24(21)30-25)23-15-29-31-16-20(14-28-26(23)31)18-7-5-17(6-8-18)19-9-11-27-12-10-19/h1-8,13-16,19,25,27,30,32H,9-12H2. The van der Waals surface area contributed by atoms with Gasteiger partial charge in [0.25, 0.3) is 0 Å². The minimum absolute atomic E-state index is 0.649. The molecule has 4 aromatic rings. The van der Waals surface area contributed by atoms with Crippen molar-refractivity contribution in [1.29, 1.82) is 0 Å². The molecule has 1 atom stereocenters. The maximum absolute atomic E-state index is 10.3. The first-order valence-electron chi connectivity index (χ1n) is 11.2. The zero-order valence-corrected chi connectivity index (χ0v) is 17.7. The number of aliphatic hydroxyl groups excluding tert-OH is 1. The Morgan fingerprint density at radius 2 is 1.72 bits per heavy atom. The van der Waals surface area contributed by atoms with Gasteiger partial charge in [-0.1, -0.05) is 42.5 Å². The van der Waals surface area contributed by atoms with E-state index in [0.29, 0.717) is 5.92 Å². The lowest BCUT2D eigenvalue weighted by Gasteiger charge is -2.23. The summed E-state index contributed by atoms with van der Waals surface area (Å²) in [5.41, 5.74) is 8.14. The summed E-state index contributed by atoms with van der Waals surface area (Å²) in [5.74, 6) is 0.649. The minimum atomic E-state index is -0.743. The third-order valence-corrected chi connectivity index (χ3v) is 6.55. The Hall–Kier alpha value is -3.48. The normalized spacial score (nSPS) is 18.8. The summed E-state index contributed by atoms with van der Waals surface area (Å²) in [4.78, 5) is 4.75. The zero-order valence-electron chi connectivity index (χ0n) is 17.7. The molecular formula is C26H25N5O. The van der Waals surface area contributed by atoms with Crippen molar-refractivity contribution in [3.05, 3.63) is 89.9 Å². The highest BCUT2D eigenvalue weighted by Gasteiger charge is 2.21. The number of benzene rings is 2. The van der Waals surface area contributed by atoms with Crippen LogP contribution in [0, 0.1) is 0 Å². The molecule has 6 nitrogen and oxygen atoms in total. The highest BCUT2D eigenvalue weighted by atomic mass is 16.3. The second-order valence-electron chi connectivity index (χ2n) is 8.53. The van der Waals surface area contributed by atoms with E-state index in [2.05, 4.69) is 40.0 Å². The molecule has 6 rings (SSSR count). The van der Waals surface area contributed by atoms with E-state index >= 15 is 0 Å². The average molecular weight is 424 g/mol. The van der Waals surface area contributed by atoms with Gasteiger partial charge in [0.15, 0.2) is 5.65 Å². The fourth-order valence-corrected chi connectivity index (χ4v) is 4.84. The molecule has 1 unspecified atom stereocenters. The summed E-state index contributed by atoms with van der Waals surface area (Å²) in [7, 11) is 0. The predicted molar refractivity (Wildman–Crippen MR) is 126 cm³/mol. The topological polar surface area (TPSA) is 74.5 Å². The summed E-state index contributed by atoms with van der Waals surface area (Å²) in [5, 5.41) is 21.4. The Labute approximate surface area is 186 Å². The van der Waals surface area contributed by atoms with Crippen molar-refractivity contribution in [3.8, 4) is 11.1 Å². The van der Waals surface area contributed by atoms with Crippen molar-refractivity contribution < 1.29 is 5.11 Å². The molecule has 4 heterocycles. The number of hydrogen-bond acceptors (Lipinski definition) is 5. The molecule has 0 saturated carbocycles. The van der Waals surface area contributed by atoms with Gasteiger partial charge < -0.3 is 15.7 Å². The van der Waals surface area contributed by atoms with Gasteiger partial charge in [-0.25, -0.2) is 9.50 Å². The molecule has 6 heteroatoms. The molecule has 3 N–H and O–H groups in total. The van der Waals surface area contributed by atoms with E-state index in [9.17, 15) is 5.11 Å². The molecule has 2 aromatic heterocycles. The zero-order chi connectivity index (χ0) is 21.5. The minimum Gasteiger partial charge on any atom is -0.370 e. The highest BCUT2D eigenvalue weighted by molar-refractivity contribution is 5.92. The molecule has 0 radical (unpaired) electrons. The molecule has 0 bridgehead atoms. The molecule has 2 aliphatic heterocycles. The van der Waals surface area contributed by atoms with Crippen LogP contribution in [0.15, 0.2) is 73.2 Å². The average Bonchev–Trinajstić information content (AvgIpc) is 3.27. The Kier molecular flexibility index (Phi) is 4.74. The van der Waals surface area contributed by atoms with Gasteiger partial charge in [-0.05, 0) is 60.7 Å². The van der Waals surface area contributed by atoms with Gasteiger partial charge in [0.2, 0.25) is 0 Å². The molecule has 32 heavy (non-hydrogen) atoms. The van der Waals surface area contributed by atoms with Crippen LogP contribution in [0.1, 0.15) is 35.4 Å². The SMILES string of the molecule is OC1C=C(c2cnn3cc(-c4ccc(C5CCNCC5)cc4)cnc23)c2ccccc2N1. The van der Waals surface area contributed by atoms with E-state index in [1.807, 2.05) is 53.4 Å². The highest BCUT2D eigenvalue weighted by Crippen LogP contribution is 2.35. The molecule has 2 aromatic carbocycles. The van der Waals surface area contributed by atoms with Crippen molar-refractivity contribution >= 4 is 16.9 Å². The Morgan fingerprint density at radius 1 is 0.906 bits per heavy atom. The quantitative estimate of drug-likeness (QED) is 0.464. The van der Waals surface area contributed by atoms with E-state index < -0.39 is 6.23 Å². The number of rotatable bonds is 3. The van der Waals surface area contributed by atoms with Crippen molar-refractivity contribution in [2.45, 2.75) is 25.0 Å². The van der Waals surface area contributed by atoms with Crippen LogP contribution in [0.2, 0.25) is 0 Å². The Morgan fingerprint density at radius 3 is 2.56 bits per heavy atom. The van der Waals surface area contributed by atoms with Crippen molar-refractivity contribution in [2.24, 2.45) is 0 Å². The molecular weight excluding hydrogens is 398 g/mol. The first-order chi connectivity index (χ1) is 15.8. The number of anilines is 1. The number of aliphatic hydroxyl groups is 1. The summed E-state index contributed by atoms with van der Waals surface area (Å²) < 4.78 is 1.82. The lowest BCUT2D eigenvalue weighted by molar-refractivity contribution is 0.252. The van der Waals surface area contributed by atoms with Gasteiger partial charge in [0, 0.05) is 34.8 Å². The van der Waals surface area contributed by atoms with Gasteiger partial charge in [-0.2, -0.15) is 5.10 Å². The van der Waals surface area contributed by atoms with Gasteiger partial charge >= 0.3 is 0 Å². The van der Waals surface area contributed by atoms with Crippen LogP contribution >= 0.6 is 0 Å². The molecule has 1 saturated heterocycles. The van der Waals surface area contributed by atoms with Gasteiger partial charge in [0.1, 0.15) is 6.23 Å². The number of aromatic nitrogens is 3. The third kappa shape index (κ3) is 3.38. The fraction of sp³-hybridized carbons (Fsp3) is 0.231. The lowest BCUT2D eigenvalue weighted by atomic mass is 9.89. The third-order valence-electron chi connectivity index (χ3n) is 6.55. The largest absolute Gasteiger partial charge is 0.370 e. The van der Waals surface area contributed by atoms with Gasteiger partial charge in [-0.3, -0.25) is 0 Å². The number of nitrogens with zero attached hydrogens (tertiary/aromatic N) is 3. The molecule has 0 spiro atoms. The van der Waals surface area contributed by atoms with Crippen LogP contribution in [0.5, 0.6) is 0 Å². The molecule has 0 amide bonds. The van der Waals surface area contributed by atoms with Crippen molar-refractivity contribution in [3.63, 3.8) is 0 Å². The van der Waals surface area contributed by atoms with Crippen LogP contribution < -0.4 is 10.6 Å². The molecule has 0 aliphatic carbocycles. The van der Waals surface area contributed by atoms with E-state index in [4.69, 9.17) is 4.98 Å². The summed E-state index contributed by atoms with van der Waals surface area (Å²) in [6, 6.07) is 16.8. The second-order valence-corrected chi connectivity index (χ2v) is 8.53. The summed E-state index contributed by atoms with van der Waals surface area (Å²) >= 11 is 0. The van der Waals surface area contributed by atoms with Crippen LogP contribution in [0.4, 0.5) is 5.69 Å². The first-order valence-corrected chi connectivity index (χ1v) is 11.2. The Bertz CT molecular complexity index is 1300. The van der Waals surface area contributed by atoms with E-state index in [0.717, 1.165) is 52.3 Å². The monoisotopic (exact) mass is 423 g/mol. The maximum atomic E-state index is 10.3. The van der Waals surface area contributed by atoms with Crippen LogP contribution in [-0.4, -0.2) is 39.0 Å². The summed E-state index contributed by atoms with van der Waals surface area (Å²) in [6.07, 6.45) is 9.23. The molecule has 1 fully saturated rings. The number of fused-ring (bicyclic) bond motifs is 2. The second kappa shape index (κ2) is 7.89. The smallest absolute Gasteiger partial charge is 0.162 e. The van der Waals surface area contributed by atoms with E-state index in [1.165, 1.54) is 18.4 Å². The molecule has 2 aliphatic rings. The van der Waals surface area contributed by atoms with Gasteiger partial charge in [0.05, 0.1) is 6.20 Å². The lowest BCUT2D eigenvalue weighted by Crippen LogP contribution is -2.26. The van der Waals surface area contributed by atoms with Crippen LogP contribution in [0.25, 0.3) is 22.3 Å². The molecule has 160 valence electrons. The van der Waals surface area contributed by atoms with Crippen LogP contribution in [0.3, 0.4) is 0 Å². The number of nitrogens with one attached hydrogen (secondary N) is 2. The maximum Gasteiger partial charge on any atom is 0.162 e. The number of para-hydroxylation sites is 1. The summed E-state index contributed by atoms with van der Waals surface area (Å²) in [6.45, 7) is 2.20. The van der Waals surface area contributed by atoms with E-state index in [1.54, 1.807) is 0 Å². The van der Waals surface area contributed by atoms with Crippen LogP contribution in [-0.2, 0) is 0 Å².